The van der Waals surface area contributed by atoms with Crippen molar-refractivity contribution in [1.82, 2.24) is 5.32 Å². The van der Waals surface area contributed by atoms with Gasteiger partial charge in [-0.15, -0.1) is 0 Å². The summed E-state index contributed by atoms with van der Waals surface area (Å²) in [5, 5.41) is 4.59. The Hall–Kier alpha value is 0.230. The molecule has 0 saturated heterocycles. The second-order valence-electron chi connectivity index (χ2n) is 4.78. The lowest BCUT2D eigenvalue weighted by Crippen LogP contribution is -2.44. The number of hydrogen-bond donors (Lipinski definition) is 2. The van der Waals surface area contributed by atoms with Gasteiger partial charge in [-0.2, -0.15) is 11.8 Å². The second-order valence-corrected chi connectivity index (χ2v) is 6.30. The van der Waals surface area contributed by atoms with E-state index in [9.17, 15) is 0 Å². The molecule has 3 N–H and O–H groups in total. The largest absolute Gasteiger partial charge is 0.383 e. The molecule has 4 heteroatoms. The molecule has 1 rings (SSSR count). The summed E-state index contributed by atoms with van der Waals surface area (Å²) in [5.41, 5.74) is 5.58. The summed E-state index contributed by atoms with van der Waals surface area (Å²) in [6, 6.07) is 1.16. The summed E-state index contributed by atoms with van der Waals surface area (Å²) in [4.78, 5) is 0. The van der Waals surface area contributed by atoms with E-state index in [1.807, 2.05) is 0 Å². The fraction of sp³-hybridized carbons (Fsp3) is 1.00. The lowest BCUT2D eigenvalue weighted by atomic mass is 10.1. The Labute approximate surface area is 110 Å². The molecule has 0 aromatic rings. The van der Waals surface area contributed by atoms with E-state index in [-0.39, 0.29) is 0 Å². The van der Waals surface area contributed by atoms with E-state index >= 15 is 0 Å². The average Bonchev–Trinajstić information content (AvgIpc) is 2.74. The predicted octanol–water partition coefficient (Wildman–Crippen LogP) is 2.00. The molecule has 17 heavy (non-hydrogen) atoms. The van der Waals surface area contributed by atoms with Gasteiger partial charge in [-0.1, -0.05) is 13.3 Å². The van der Waals surface area contributed by atoms with Crippen LogP contribution in [-0.2, 0) is 4.74 Å². The van der Waals surface area contributed by atoms with E-state index in [0.29, 0.717) is 12.1 Å². The first-order valence-electron chi connectivity index (χ1n) is 6.88. The van der Waals surface area contributed by atoms with Crippen molar-refractivity contribution < 1.29 is 4.74 Å². The standard InChI is InChI=1S/C13H28N2OS/c1-3-17-13-8-4-7-12(13)15-11(10-16-2)6-5-9-14/h11-13,15H,3-10,14H2,1-2H3. The number of methoxy groups -OCH3 is 1. The van der Waals surface area contributed by atoms with Gasteiger partial charge >= 0.3 is 0 Å². The van der Waals surface area contributed by atoms with Crippen LogP contribution in [0.2, 0.25) is 0 Å². The van der Waals surface area contributed by atoms with Crippen molar-refractivity contribution in [2.45, 2.75) is 56.4 Å². The Morgan fingerprint density at radius 1 is 1.47 bits per heavy atom. The van der Waals surface area contributed by atoms with Gasteiger partial charge in [0.1, 0.15) is 0 Å². The molecule has 0 bridgehead atoms. The van der Waals surface area contributed by atoms with Crippen molar-refractivity contribution in [3.05, 3.63) is 0 Å². The monoisotopic (exact) mass is 260 g/mol. The highest BCUT2D eigenvalue weighted by atomic mass is 32.2. The topological polar surface area (TPSA) is 47.3 Å². The van der Waals surface area contributed by atoms with Crippen LogP contribution in [0.3, 0.4) is 0 Å². The van der Waals surface area contributed by atoms with Crippen LogP contribution in [-0.4, -0.2) is 43.3 Å². The van der Waals surface area contributed by atoms with Gasteiger partial charge < -0.3 is 15.8 Å². The number of hydrogen-bond acceptors (Lipinski definition) is 4. The van der Waals surface area contributed by atoms with Gasteiger partial charge in [-0.25, -0.2) is 0 Å². The lowest BCUT2D eigenvalue weighted by Gasteiger charge is -2.26. The highest BCUT2D eigenvalue weighted by Crippen LogP contribution is 2.30. The molecule has 1 aliphatic carbocycles. The van der Waals surface area contributed by atoms with Crippen molar-refractivity contribution in [2.75, 3.05) is 26.0 Å². The van der Waals surface area contributed by atoms with Gasteiger partial charge in [0.05, 0.1) is 6.61 Å². The minimum absolute atomic E-state index is 0.478. The maximum absolute atomic E-state index is 5.58. The first-order chi connectivity index (χ1) is 8.31. The van der Waals surface area contributed by atoms with Gasteiger partial charge in [0.25, 0.3) is 0 Å². The van der Waals surface area contributed by atoms with Crippen molar-refractivity contribution >= 4 is 11.8 Å². The lowest BCUT2D eigenvalue weighted by molar-refractivity contribution is 0.156. The average molecular weight is 260 g/mol. The number of nitrogens with one attached hydrogen (secondary N) is 1. The van der Waals surface area contributed by atoms with Crippen LogP contribution >= 0.6 is 11.8 Å². The third kappa shape index (κ3) is 5.60. The van der Waals surface area contributed by atoms with E-state index in [2.05, 4.69) is 24.0 Å². The molecule has 1 saturated carbocycles. The van der Waals surface area contributed by atoms with E-state index in [1.54, 1.807) is 7.11 Å². The van der Waals surface area contributed by atoms with Gasteiger partial charge in [-0.3, -0.25) is 0 Å². The molecule has 1 fully saturated rings. The molecule has 0 amide bonds. The van der Waals surface area contributed by atoms with E-state index < -0.39 is 0 Å². The van der Waals surface area contributed by atoms with Crippen LogP contribution in [0.5, 0.6) is 0 Å². The van der Waals surface area contributed by atoms with E-state index in [1.165, 1.54) is 25.0 Å². The zero-order chi connectivity index (χ0) is 12.5. The van der Waals surface area contributed by atoms with Gasteiger partial charge in [0.2, 0.25) is 0 Å². The fourth-order valence-corrected chi connectivity index (χ4v) is 3.82. The minimum Gasteiger partial charge on any atom is -0.383 e. The van der Waals surface area contributed by atoms with Gasteiger partial charge in [-0.05, 0) is 38.0 Å². The Kier molecular flexibility index (Phi) is 8.27. The van der Waals surface area contributed by atoms with Crippen LogP contribution < -0.4 is 11.1 Å². The number of rotatable bonds is 9. The molecule has 0 aromatic carbocycles. The maximum Gasteiger partial charge on any atom is 0.0615 e. The molecule has 0 radical (unpaired) electrons. The summed E-state index contributed by atoms with van der Waals surface area (Å²) in [5.74, 6) is 1.22. The third-order valence-corrected chi connectivity index (χ3v) is 4.73. The Bertz CT molecular complexity index is 192. The summed E-state index contributed by atoms with van der Waals surface area (Å²) in [6.45, 7) is 3.83. The van der Waals surface area contributed by atoms with Crippen LogP contribution in [0.4, 0.5) is 0 Å². The molecular formula is C13H28N2OS. The van der Waals surface area contributed by atoms with Crippen LogP contribution in [0.15, 0.2) is 0 Å². The van der Waals surface area contributed by atoms with Gasteiger partial charge in [0, 0.05) is 24.4 Å². The minimum atomic E-state index is 0.478. The Morgan fingerprint density at radius 2 is 2.29 bits per heavy atom. The van der Waals surface area contributed by atoms with Crippen LogP contribution in [0, 0.1) is 0 Å². The molecular weight excluding hydrogens is 232 g/mol. The van der Waals surface area contributed by atoms with Crippen LogP contribution in [0.1, 0.15) is 39.0 Å². The molecule has 0 aliphatic heterocycles. The highest BCUT2D eigenvalue weighted by Gasteiger charge is 2.28. The molecule has 3 nitrogen and oxygen atoms in total. The summed E-state index contributed by atoms with van der Waals surface area (Å²) in [7, 11) is 1.78. The molecule has 3 atom stereocenters. The van der Waals surface area contributed by atoms with Crippen molar-refractivity contribution in [3.63, 3.8) is 0 Å². The summed E-state index contributed by atoms with van der Waals surface area (Å²) in [6.07, 6.45) is 6.27. The molecule has 3 unspecified atom stereocenters. The van der Waals surface area contributed by atoms with E-state index in [0.717, 1.165) is 31.2 Å². The zero-order valence-corrected chi connectivity index (χ0v) is 12.1. The molecule has 0 spiro atoms. The SMILES string of the molecule is CCSC1CCCC1NC(CCCN)COC. The first kappa shape index (κ1) is 15.3. The smallest absolute Gasteiger partial charge is 0.0615 e. The molecule has 0 aromatic heterocycles. The zero-order valence-electron chi connectivity index (χ0n) is 11.3. The summed E-state index contributed by atoms with van der Waals surface area (Å²) >= 11 is 2.10. The Morgan fingerprint density at radius 3 is 2.94 bits per heavy atom. The molecule has 1 aliphatic rings. The molecule has 102 valence electrons. The summed E-state index contributed by atoms with van der Waals surface area (Å²) < 4.78 is 5.30. The normalized spacial score (nSPS) is 26.3. The van der Waals surface area contributed by atoms with E-state index in [4.69, 9.17) is 10.5 Å². The van der Waals surface area contributed by atoms with Gasteiger partial charge in [0.15, 0.2) is 0 Å². The van der Waals surface area contributed by atoms with Crippen LogP contribution in [0.25, 0.3) is 0 Å². The maximum atomic E-state index is 5.58. The third-order valence-electron chi connectivity index (χ3n) is 3.41. The van der Waals surface area contributed by atoms with Crippen molar-refractivity contribution in [1.29, 1.82) is 0 Å². The molecule has 0 heterocycles. The number of ether oxygens (including phenoxy) is 1. The number of nitrogens with two attached hydrogens (primary N) is 1. The predicted molar refractivity (Wildman–Crippen MR) is 76.6 cm³/mol. The number of thioether (sulfide) groups is 1. The fourth-order valence-electron chi connectivity index (χ4n) is 2.61. The first-order valence-corrected chi connectivity index (χ1v) is 7.93. The second kappa shape index (κ2) is 9.20. The quantitative estimate of drug-likeness (QED) is 0.666. The highest BCUT2D eigenvalue weighted by molar-refractivity contribution is 7.99. The van der Waals surface area contributed by atoms with Crippen molar-refractivity contribution in [3.8, 4) is 0 Å². The Balaban J connectivity index is 2.35. The van der Waals surface area contributed by atoms with Crippen molar-refractivity contribution in [2.24, 2.45) is 5.73 Å².